The molecule has 112 valence electrons. The fourth-order valence-corrected chi connectivity index (χ4v) is 2.05. The van der Waals surface area contributed by atoms with Gasteiger partial charge in [0.1, 0.15) is 18.1 Å². The summed E-state index contributed by atoms with van der Waals surface area (Å²) in [6.07, 6.45) is 1.72. The zero-order valence-corrected chi connectivity index (χ0v) is 12.4. The standard InChI is InChI=1S/C17H20O4/c1-3-8-13-11-15(21-16(13)17(18)19-4-2)12-20-14-9-6-5-7-10-14/h5-7,9-11H,3-4,8,12H2,1-2H3. The largest absolute Gasteiger partial charge is 0.486 e. The Labute approximate surface area is 124 Å². The molecule has 2 rings (SSSR count). The first-order chi connectivity index (χ1) is 10.2. The van der Waals surface area contributed by atoms with Gasteiger partial charge in [-0.05, 0) is 31.5 Å². The van der Waals surface area contributed by atoms with Gasteiger partial charge in [0.05, 0.1) is 6.61 Å². The number of aryl methyl sites for hydroxylation is 1. The minimum atomic E-state index is -0.410. The number of para-hydroxylation sites is 1. The molecule has 0 aliphatic rings. The fraction of sp³-hybridized carbons (Fsp3) is 0.353. The van der Waals surface area contributed by atoms with Crippen molar-refractivity contribution in [1.82, 2.24) is 0 Å². The average Bonchev–Trinajstić information content (AvgIpc) is 2.90. The molecule has 0 saturated carbocycles. The molecule has 0 unspecified atom stereocenters. The second-order valence-electron chi connectivity index (χ2n) is 4.64. The maximum Gasteiger partial charge on any atom is 0.374 e. The van der Waals surface area contributed by atoms with E-state index in [-0.39, 0.29) is 0 Å². The van der Waals surface area contributed by atoms with Crippen molar-refractivity contribution in [3.05, 3.63) is 53.5 Å². The third-order valence-corrected chi connectivity index (χ3v) is 2.96. The minimum Gasteiger partial charge on any atom is -0.486 e. The molecule has 0 bridgehead atoms. The molecule has 0 amide bonds. The summed E-state index contributed by atoms with van der Waals surface area (Å²) in [5.74, 6) is 1.28. The predicted octanol–water partition coefficient (Wildman–Crippen LogP) is 3.99. The molecule has 0 N–H and O–H groups in total. The number of esters is 1. The highest BCUT2D eigenvalue weighted by atomic mass is 16.5. The molecule has 0 fully saturated rings. The molecule has 4 heteroatoms. The van der Waals surface area contributed by atoms with Crippen molar-refractivity contribution in [2.75, 3.05) is 6.61 Å². The summed E-state index contributed by atoms with van der Waals surface area (Å²) in [6, 6.07) is 11.4. The summed E-state index contributed by atoms with van der Waals surface area (Å²) in [6.45, 7) is 4.46. The van der Waals surface area contributed by atoms with Crippen LogP contribution in [0.5, 0.6) is 5.75 Å². The third-order valence-electron chi connectivity index (χ3n) is 2.96. The summed E-state index contributed by atoms with van der Waals surface area (Å²) in [5.41, 5.74) is 0.877. The van der Waals surface area contributed by atoms with Crippen LogP contribution in [0.15, 0.2) is 40.8 Å². The first kappa shape index (κ1) is 15.2. The maximum absolute atomic E-state index is 11.9. The van der Waals surface area contributed by atoms with Gasteiger partial charge in [0, 0.05) is 5.56 Å². The van der Waals surface area contributed by atoms with Gasteiger partial charge in [0.25, 0.3) is 0 Å². The molecule has 2 aromatic rings. The van der Waals surface area contributed by atoms with E-state index < -0.39 is 5.97 Å². The number of hydrogen-bond acceptors (Lipinski definition) is 4. The highest BCUT2D eigenvalue weighted by molar-refractivity contribution is 5.88. The lowest BCUT2D eigenvalue weighted by Crippen LogP contribution is -2.05. The highest BCUT2D eigenvalue weighted by Crippen LogP contribution is 2.20. The van der Waals surface area contributed by atoms with Crippen molar-refractivity contribution in [3.63, 3.8) is 0 Å². The number of benzene rings is 1. The average molecular weight is 288 g/mol. The molecule has 0 atom stereocenters. The van der Waals surface area contributed by atoms with Crippen LogP contribution in [0.2, 0.25) is 0 Å². The molecule has 4 nitrogen and oxygen atoms in total. The Hall–Kier alpha value is -2.23. The number of furan rings is 1. The molecule has 1 heterocycles. The van der Waals surface area contributed by atoms with Crippen molar-refractivity contribution in [1.29, 1.82) is 0 Å². The van der Waals surface area contributed by atoms with E-state index in [4.69, 9.17) is 13.9 Å². The monoisotopic (exact) mass is 288 g/mol. The molecule has 21 heavy (non-hydrogen) atoms. The quantitative estimate of drug-likeness (QED) is 0.723. The number of carbonyl (C=O) groups excluding carboxylic acids is 1. The number of hydrogen-bond donors (Lipinski definition) is 0. The van der Waals surface area contributed by atoms with E-state index in [1.54, 1.807) is 6.92 Å². The van der Waals surface area contributed by atoms with Crippen LogP contribution in [0.25, 0.3) is 0 Å². The maximum atomic E-state index is 11.9. The molecule has 0 radical (unpaired) electrons. The Bertz CT molecular complexity index is 572. The summed E-state index contributed by atoms with van der Waals surface area (Å²) in [5, 5.41) is 0. The van der Waals surface area contributed by atoms with Gasteiger partial charge in [-0.25, -0.2) is 4.79 Å². The predicted molar refractivity (Wildman–Crippen MR) is 79.4 cm³/mol. The molecule has 1 aromatic heterocycles. The number of ether oxygens (including phenoxy) is 2. The van der Waals surface area contributed by atoms with Crippen LogP contribution in [-0.2, 0) is 17.8 Å². The van der Waals surface area contributed by atoms with Crippen molar-refractivity contribution >= 4 is 5.97 Å². The first-order valence-corrected chi connectivity index (χ1v) is 7.21. The topological polar surface area (TPSA) is 48.7 Å². The van der Waals surface area contributed by atoms with Gasteiger partial charge in [-0.1, -0.05) is 31.5 Å². The van der Waals surface area contributed by atoms with E-state index in [0.29, 0.717) is 24.7 Å². The lowest BCUT2D eigenvalue weighted by molar-refractivity contribution is 0.0484. The second-order valence-corrected chi connectivity index (χ2v) is 4.64. The van der Waals surface area contributed by atoms with E-state index in [9.17, 15) is 4.79 Å². The fourth-order valence-electron chi connectivity index (χ4n) is 2.05. The van der Waals surface area contributed by atoms with E-state index in [1.807, 2.05) is 36.4 Å². The highest BCUT2D eigenvalue weighted by Gasteiger charge is 2.19. The van der Waals surface area contributed by atoms with Gasteiger partial charge in [-0.3, -0.25) is 0 Å². The zero-order valence-electron chi connectivity index (χ0n) is 12.4. The van der Waals surface area contributed by atoms with Gasteiger partial charge < -0.3 is 13.9 Å². The molecule has 0 saturated heterocycles. The van der Waals surface area contributed by atoms with Crippen LogP contribution in [0, 0.1) is 0 Å². The zero-order chi connectivity index (χ0) is 15.1. The first-order valence-electron chi connectivity index (χ1n) is 7.21. The van der Waals surface area contributed by atoms with Crippen LogP contribution in [0.3, 0.4) is 0 Å². The Kier molecular flexibility index (Phi) is 5.43. The van der Waals surface area contributed by atoms with Crippen LogP contribution < -0.4 is 4.74 Å². The Morgan fingerprint density at radius 2 is 1.95 bits per heavy atom. The number of rotatable bonds is 7. The summed E-state index contributed by atoms with van der Waals surface area (Å²) in [7, 11) is 0. The van der Waals surface area contributed by atoms with E-state index >= 15 is 0 Å². The summed E-state index contributed by atoms with van der Waals surface area (Å²) < 4.78 is 16.3. The second kappa shape index (κ2) is 7.53. The van der Waals surface area contributed by atoms with Gasteiger partial charge in [-0.2, -0.15) is 0 Å². The third kappa shape index (κ3) is 4.12. The molecule has 1 aromatic carbocycles. The lowest BCUT2D eigenvalue weighted by atomic mass is 10.1. The van der Waals surface area contributed by atoms with Crippen molar-refractivity contribution in [2.24, 2.45) is 0 Å². The van der Waals surface area contributed by atoms with E-state index in [0.717, 1.165) is 24.2 Å². The molecule has 0 aliphatic heterocycles. The normalized spacial score (nSPS) is 10.4. The van der Waals surface area contributed by atoms with Crippen molar-refractivity contribution in [3.8, 4) is 5.75 Å². The SMILES string of the molecule is CCCc1cc(COc2ccccc2)oc1C(=O)OCC. The Balaban J connectivity index is 2.09. The van der Waals surface area contributed by atoms with Crippen LogP contribution >= 0.6 is 0 Å². The Morgan fingerprint density at radius 3 is 2.62 bits per heavy atom. The van der Waals surface area contributed by atoms with Gasteiger partial charge >= 0.3 is 5.97 Å². The summed E-state index contributed by atoms with van der Waals surface area (Å²) in [4.78, 5) is 11.9. The van der Waals surface area contributed by atoms with Gasteiger partial charge in [-0.15, -0.1) is 0 Å². The minimum absolute atomic E-state index is 0.292. The summed E-state index contributed by atoms with van der Waals surface area (Å²) >= 11 is 0. The van der Waals surface area contributed by atoms with Crippen molar-refractivity contribution in [2.45, 2.75) is 33.3 Å². The van der Waals surface area contributed by atoms with E-state index in [1.165, 1.54) is 0 Å². The van der Waals surface area contributed by atoms with Crippen LogP contribution in [-0.4, -0.2) is 12.6 Å². The molecular formula is C17H20O4. The van der Waals surface area contributed by atoms with Crippen LogP contribution in [0.4, 0.5) is 0 Å². The van der Waals surface area contributed by atoms with E-state index in [2.05, 4.69) is 6.92 Å². The smallest absolute Gasteiger partial charge is 0.374 e. The Morgan fingerprint density at radius 1 is 1.19 bits per heavy atom. The van der Waals surface area contributed by atoms with Crippen LogP contribution in [0.1, 0.15) is 42.1 Å². The lowest BCUT2D eigenvalue weighted by Gasteiger charge is -2.03. The molecule has 0 aliphatic carbocycles. The molecular weight excluding hydrogens is 268 g/mol. The molecule has 0 spiro atoms. The van der Waals surface area contributed by atoms with Gasteiger partial charge in [0.15, 0.2) is 0 Å². The van der Waals surface area contributed by atoms with Gasteiger partial charge in [0.2, 0.25) is 5.76 Å². The van der Waals surface area contributed by atoms with Crippen molar-refractivity contribution < 1.29 is 18.7 Å². The number of carbonyl (C=O) groups is 1.